The van der Waals surface area contributed by atoms with Crippen molar-refractivity contribution in [3.05, 3.63) is 69.1 Å². The minimum absolute atomic E-state index is 0.0143. The minimum Gasteiger partial charge on any atom is -0.370 e. The molecular weight excluding hydrogens is 415 g/mol. The number of nitrogens with two attached hydrogens (primary N) is 2. The van der Waals surface area contributed by atoms with Crippen molar-refractivity contribution in [2.24, 2.45) is 16.5 Å². The van der Waals surface area contributed by atoms with Gasteiger partial charge in [-0.3, -0.25) is 14.4 Å². The highest BCUT2D eigenvalue weighted by molar-refractivity contribution is 6.02. The highest BCUT2D eigenvalue weighted by Gasteiger charge is 2.37. The third-order valence-electron chi connectivity index (χ3n) is 5.11. The number of nitrogens with zero attached hydrogens (tertiary/aromatic N) is 2. The van der Waals surface area contributed by atoms with E-state index in [9.17, 15) is 27.6 Å². The molecule has 164 valence electrons. The summed E-state index contributed by atoms with van der Waals surface area (Å²) in [4.78, 5) is 43.4. The number of halogens is 3. The van der Waals surface area contributed by atoms with E-state index in [2.05, 4.69) is 9.98 Å². The molecule has 0 unspecified atom stereocenters. The van der Waals surface area contributed by atoms with Crippen LogP contribution in [0, 0.1) is 0 Å². The van der Waals surface area contributed by atoms with Crippen LogP contribution in [0.1, 0.15) is 50.6 Å². The monoisotopic (exact) mass is 435 g/mol. The number of carbonyl (C=O) groups excluding carboxylic acids is 2. The van der Waals surface area contributed by atoms with Crippen LogP contribution >= 0.6 is 0 Å². The molecule has 0 radical (unpaired) electrons. The highest BCUT2D eigenvalue weighted by atomic mass is 19.4. The Labute approximate surface area is 174 Å². The molecule has 1 saturated heterocycles. The quantitative estimate of drug-likeness (QED) is 0.499. The van der Waals surface area contributed by atoms with Crippen LogP contribution in [0.5, 0.6) is 0 Å². The number of amides is 2. The number of guanidine groups is 1. The fourth-order valence-electron chi connectivity index (χ4n) is 3.63. The summed E-state index contributed by atoms with van der Waals surface area (Å²) in [6.45, 7) is 0.396. The largest absolute Gasteiger partial charge is 0.416 e. The summed E-state index contributed by atoms with van der Waals surface area (Å²) in [5.74, 6) is -2.45. The summed E-state index contributed by atoms with van der Waals surface area (Å²) in [6, 6.07) is 6.18. The maximum absolute atomic E-state index is 13.7. The van der Waals surface area contributed by atoms with Crippen LogP contribution in [-0.2, 0) is 6.18 Å². The van der Waals surface area contributed by atoms with Gasteiger partial charge in [0.15, 0.2) is 5.96 Å². The molecule has 1 aromatic carbocycles. The SMILES string of the molecule is NC(N)=NC(=O)c1ccc(C2CCN(C(=O)c3ccc[nH]c3=O)CC2)c(C(F)(F)F)c1. The van der Waals surface area contributed by atoms with Crippen molar-refractivity contribution in [2.45, 2.75) is 24.9 Å². The van der Waals surface area contributed by atoms with E-state index >= 15 is 0 Å². The first kappa shape index (κ1) is 22.1. The van der Waals surface area contributed by atoms with Crippen molar-refractivity contribution in [3.8, 4) is 0 Å². The molecule has 0 spiro atoms. The summed E-state index contributed by atoms with van der Waals surface area (Å²) in [6.07, 6.45) is -2.72. The number of piperidine rings is 1. The molecule has 5 N–H and O–H groups in total. The number of pyridine rings is 1. The Morgan fingerprint density at radius 1 is 1.13 bits per heavy atom. The molecule has 8 nitrogen and oxygen atoms in total. The van der Waals surface area contributed by atoms with E-state index in [4.69, 9.17) is 11.5 Å². The van der Waals surface area contributed by atoms with Crippen molar-refractivity contribution in [2.75, 3.05) is 13.1 Å². The van der Waals surface area contributed by atoms with Gasteiger partial charge in [0.25, 0.3) is 17.4 Å². The molecule has 1 aromatic heterocycles. The van der Waals surface area contributed by atoms with E-state index in [1.807, 2.05) is 0 Å². The average molecular weight is 435 g/mol. The van der Waals surface area contributed by atoms with Crippen LogP contribution in [0.25, 0.3) is 0 Å². The number of aliphatic imine (C=N–C) groups is 1. The number of aromatic amines is 1. The van der Waals surface area contributed by atoms with Gasteiger partial charge in [-0.05, 0) is 48.6 Å². The van der Waals surface area contributed by atoms with Gasteiger partial charge in [0.05, 0.1) is 5.56 Å². The number of carbonyl (C=O) groups is 2. The Morgan fingerprint density at radius 3 is 2.39 bits per heavy atom. The number of nitrogens with one attached hydrogen (secondary N) is 1. The normalized spacial score (nSPS) is 14.9. The molecule has 2 amide bonds. The molecule has 1 aliphatic heterocycles. The summed E-state index contributed by atoms with van der Waals surface area (Å²) in [5.41, 5.74) is 8.54. The van der Waals surface area contributed by atoms with Crippen LogP contribution in [-0.4, -0.2) is 40.7 Å². The van der Waals surface area contributed by atoms with Crippen molar-refractivity contribution in [1.29, 1.82) is 0 Å². The molecule has 0 atom stereocenters. The molecule has 1 fully saturated rings. The second-order valence-corrected chi connectivity index (χ2v) is 7.12. The summed E-state index contributed by atoms with van der Waals surface area (Å²) in [5, 5.41) is 0. The first-order chi connectivity index (χ1) is 14.6. The third-order valence-corrected chi connectivity index (χ3v) is 5.11. The number of benzene rings is 1. The number of hydrogen-bond donors (Lipinski definition) is 3. The lowest BCUT2D eigenvalue weighted by atomic mass is 9.85. The van der Waals surface area contributed by atoms with Crippen LogP contribution in [0.3, 0.4) is 0 Å². The average Bonchev–Trinajstić information content (AvgIpc) is 2.72. The topological polar surface area (TPSA) is 135 Å². The van der Waals surface area contributed by atoms with Gasteiger partial charge >= 0.3 is 6.18 Å². The molecule has 0 aliphatic carbocycles. The Bertz CT molecular complexity index is 1080. The maximum atomic E-state index is 13.7. The fraction of sp³-hybridized carbons (Fsp3) is 0.300. The van der Waals surface area contributed by atoms with Crippen LogP contribution in [0.15, 0.2) is 46.3 Å². The van der Waals surface area contributed by atoms with E-state index in [-0.39, 0.29) is 42.6 Å². The van der Waals surface area contributed by atoms with Gasteiger partial charge in [0, 0.05) is 24.8 Å². The Balaban J connectivity index is 1.82. The van der Waals surface area contributed by atoms with Gasteiger partial charge in [0.2, 0.25) is 0 Å². The number of hydrogen-bond acceptors (Lipinski definition) is 3. The molecule has 11 heteroatoms. The Morgan fingerprint density at radius 2 is 1.81 bits per heavy atom. The van der Waals surface area contributed by atoms with Crippen LogP contribution in [0.2, 0.25) is 0 Å². The molecule has 0 bridgehead atoms. The van der Waals surface area contributed by atoms with Gasteiger partial charge < -0.3 is 21.4 Å². The van der Waals surface area contributed by atoms with Crippen LogP contribution < -0.4 is 17.0 Å². The molecule has 1 aliphatic rings. The van der Waals surface area contributed by atoms with Gasteiger partial charge in [-0.1, -0.05) is 6.07 Å². The molecular formula is C20H20F3N5O3. The van der Waals surface area contributed by atoms with E-state index in [0.29, 0.717) is 0 Å². The number of aromatic nitrogens is 1. The summed E-state index contributed by atoms with van der Waals surface area (Å²) in [7, 11) is 0. The first-order valence-corrected chi connectivity index (χ1v) is 9.40. The zero-order chi connectivity index (χ0) is 22.8. The minimum atomic E-state index is -4.69. The van der Waals surface area contributed by atoms with E-state index in [0.717, 1.165) is 6.07 Å². The lowest BCUT2D eigenvalue weighted by Gasteiger charge is -2.33. The van der Waals surface area contributed by atoms with Gasteiger partial charge in [0.1, 0.15) is 5.56 Å². The molecule has 0 saturated carbocycles. The lowest BCUT2D eigenvalue weighted by Crippen LogP contribution is -2.40. The summed E-state index contributed by atoms with van der Waals surface area (Å²) >= 11 is 0. The highest BCUT2D eigenvalue weighted by Crippen LogP contribution is 2.39. The molecule has 3 rings (SSSR count). The molecule has 31 heavy (non-hydrogen) atoms. The first-order valence-electron chi connectivity index (χ1n) is 9.40. The molecule has 2 aromatic rings. The zero-order valence-corrected chi connectivity index (χ0v) is 16.3. The van der Waals surface area contributed by atoms with Crippen molar-refractivity contribution >= 4 is 17.8 Å². The van der Waals surface area contributed by atoms with Gasteiger partial charge in [-0.2, -0.15) is 18.2 Å². The second kappa shape index (κ2) is 8.62. The van der Waals surface area contributed by atoms with Crippen molar-refractivity contribution < 1.29 is 22.8 Å². The number of rotatable bonds is 3. The zero-order valence-electron chi connectivity index (χ0n) is 16.3. The number of H-pyrrole nitrogens is 1. The van der Waals surface area contributed by atoms with Crippen molar-refractivity contribution in [3.63, 3.8) is 0 Å². The number of alkyl halides is 3. The number of likely N-dealkylation sites (tertiary alicyclic amines) is 1. The van der Waals surface area contributed by atoms with Crippen molar-refractivity contribution in [1.82, 2.24) is 9.88 Å². The lowest BCUT2D eigenvalue weighted by molar-refractivity contribution is -0.138. The Kier molecular flexibility index (Phi) is 6.14. The third kappa shape index (κ3) is 4.93. The maximum Gasteiger partial charge on any atom is 0.416 e. The Hall–Kier alpha value is -3.63. The molecule has 2 heterocycles. The fourth-order valence-corrected chi connectivity index (χ4v) is 3.63. The van der Waals surface area contributed by atoms with E-state index in [1.165, 1.54) is 35.4 Å². The second-order valence-electron chi connectivity index (χ2n) is 7.12. The predicted octanol–water partition coefficient (Wildman–Crippen LogP) is 1.83. The van der Waals surface area contributed by atoms with E-state index < -0.39 is 41.0 Å². The van der Waals surface area contributed by atoms with Gasteiger partial charge in [-0.25, -0.2) is 0 Å². The predicted molar refractivity (Wildman–Crippen MR) is 107 cm³/mol. The standard InChI is InChI=1S/C20H20F3N5O3/c21-20(22,23)15-10-12(16(29)27-19(24)25)3-4-13(15)11-5-8-28(9-6-11)18(31)14-2-1-7-26-17(14)30/h1-4,7,10-11H,5-6,8-9H2,(H,26,30)(H4,24,25,27,29). The van der Waals surface area contributed by atoms with Gasteiger partial charge in [-0.15, -0.1) is 0 Å². The smallest absolute Gasteiger partial charge is 0.370 e. The van der Waals surface area contributed by atoms with Crippen LogP contribution in [0.4, 0.5) is 13.2 Å². The summed E-state index contributed by atoms with van der Waals surface area (Å²) < 4.78 is 41.0. The van der Waals surface area contributed by atoms with E-state index in [1.54, 1.807) is 0 Å².